The zero-order valence-corrected chi connectivity index (χ0v) is 12.5. The number of hydrogen-bond donors (Lipinski definition) is 1. The second-order valence-corrected chi connectivity index (χ2v) is 5.41. The van der Waals surface area contributed by atoms with E-state index in [4.69, 9.17) is 0 Å². The molecule has 0 aliphatic heterocycles. The minimum absolute atomic E-state index is 0.0762. The van der Waals surface area contributed by atoms with Gasteiger partial charge in [0.25, 0.3) is 0 Å². The number of fused-ring (bicyclic) bond motifs is 1. The fourth-order valence-electron chi connectivity index (χ4n) is 2.64. The molecule has 0 aromatic heterocycles. The van der Waals surface area contributed by atoms with E-state index in [-0.39, 0.29) is 5.91 Å². The Kier molecular flexibility index (Phi) is 4.50. The molecule has 0 fully saturated rings. The van der Waals surface area contributed by atoms with E-state index in [9.17, 15) is 4.79 Å². The maximum atomic E-state index is 12.1. The van der Waals surface area contributed by atoms with Crippen molar-refractivity contribution < 1.29 is 4.79 Å². The van der Waals surface area contributed by atoms with Gasteiger partial charge in [0.05, 0.1) is 0 Å². The molecule has 1 N–H and O–H groups in total. The number of aryl methyl sites for hydroxylation is 1. The van der Waals surface area contributed by atoms with Gasteiger partial charge in [0.2, 0.25) is 5.91 Å². The first-order chi connectivity index (χ1) is 10.8. The summed E-state index contributed by atoms with van der Waals surface area (Å²) in [5, 5.41) is 5.26. The molecular weight excluding hydrogens is 270 g/mol. The summed E-state index contributed by atoms with van der Waals surface area (Å²) in [6.07, 6.45) is 2.34. The third-order valence-corrected chi connectivity index (χ3v) is 3.78. The molecule has 0 radical (unpaired) electrons. The smallest absolute Gasteiger partial charge is 0.224 e. The van der Waals surface area contributed by atoms with Crippen LogP contribution in [-0.4, -0.2) is 5.91 Å². The molecule has 3 aromatic carbocycles. The maximum absolute atomic E-state index is 12.1. The quantitative estimate of drug-likeness (QED) is 0.718. The van der Waals surface area contributed by atoms with Gasteiger partial charge in [-0.25, -0.2) is 0 Å². The minimum Gasteiger partial charge on any atom is -0.326 e. The van der Waals surface area contributed by atoms with Gasteiger partial charge in [-0.2, -0.15) is 0 Å². The van der Waals surface area contributed by atoms with Gasteiger partial charge in [0.15, 0.2) is 0 Å². The number of amides is 1. The lowest BCUT2D eigenvalue weighted by Crippen LogP contribution is -2.11. The van der Waals surface area contributed by atoms with Gasteiger partial charge in [-0.15, -0.1) is 0 Å². The number of anilines is 1. The van der Waals surface area contributed by atoms with Gasteiger partial charge in [-0.3, -0.25) is 4.79 Å². The molecule has 0 aliphatic carbocycles. The van der Waals surface area contributed by atoms with Gasteiger partial charge in [-0.05, 0) is 29.9 Å². The van der Waals surface area contributed by atoms with Crippen molar-refractivity contribution in [2.45, 2.75) is 19.3 Å². The molecule has 0 aliphatic rings. The fourth-order valence-corrected chi connectivity index (χ4v) is 2.64. The van der Waals surface area contributed by atoms with E-state index < -0.39 is 0 Å². The summed E-state index contributed by atoms with van der Waals surface area (Å²) in [4.78, 5) is 12.1. The highest BCUT2D eigenvalue weighted by Crippen LogP contribution is 2.23. The van der Waals surface area contributed by atoms with Crippen molar-refractivity contribution in [3.05, 3.63) is 78.4 Å². The van der Waals surface area contributed by atoms with Gasteiger partial charge in [0, 0.05) is 17.5 Å². The Hall–Kier alpha value is -2.61. The van der Waals surface area contributed by atoms with E-state index in [1.54, 1.807) is 0 Å². The van der Waals surface area contributed by atoms with Crippen molar-refractivity contribution in [3.8, 4) is 0 Å². The van der Waals surface area contributed by atoms with Crippen molar-refractivity contribution >= 4 is 22.4 Å². The lowest BCUT2D eigenvalue weighted by atomic mass is 10.1. The number of benzene rings is 3. The van der Waals surface area contributed by atoms with Crippen LogP contribution in [0.25, 0.3) is 10.8 Å². The largest absolute Gasteiger partial charge is 0.326 e. The summed E-state index contributed by atoms with van der Waals surface area (Å²) >= 11 is 0. The molecule has 110 valence electrons. The van der Waals surface area contributed by atoms with Gasteiger partial charge in [-0.1, -0.05) is 66.7 Å². The van der Waals surface area contributed by atoms with E-state index in [2.05, 4.69) is 29.6 Å². The molecule has 0 bridgehead atoms. The van der Waals surface area contributed by atoms with Crippen LogP contribution in [0.15, 0.2) is 72.8 Å². The lowest BCUT2D eigenvalue weighted by molar-refractivity contribution is -0.116. The van der Waals surface area contributed by atoms with Crippen LogP contribution in [0, 0.1) is 0 Å². The summed E-state index contributed by atoms with van der Waals surface area (Å²) in [5.41, 5.74) is 2.17. The zero-order valence-electron chi connectivity index (χ0n) is 12.5. The molecule has 22 heavy (non-hydrogen) atoms. The molecule has 3 aromatic rings. The van der Waals surface area contributed by atoms with Crippen LogP contribution in [0.2, 0.25) is 0 Å². The molecule has 0 saturated heterocycles. The van der Waals surface area contributed by atoms with E-state index in [1.165, 1.54) is 5.56 Å². The van der Waals surface area contributed by atoms with E-state index >= 15 is 0 Å². The molecule has 1 amide bonds. The van der Waals surface area contributed by atoms with Crippen LogP contribution in [0.1, 0.15) is 18.4 Å². The third-order valence-electron chi connectivity index (χ3n) is 3.78. The van der Waals surface area contributed by atoms with Crippen LogP contribution in [0.5, 0.6) is 0 Å². The minimum atomic E-state index is 0.0762. The molecule has 2 heteroatoms. The Bertz CT molecular complexity index is 760. The predicted octanol–water partition coefficient (Wildman–Crippen LogP) is 4.80. The fraction of sp³-hybridized carbons (Fsp3) is 0.150. The van der Waals surface area contributed by atoms with E-state index in [0.29, 0.717) is 6.42 Å². The van der Waals surface area contributed by atoms with Crippen LogP contribution in [0.3, 0.4) is 0 Å². The molecule has 3 rings (SSSR count). The number of rotatable bonds is 5. The number of hydrogen-bond acceptors (Lipinski definition) is 1. The molecule has 2 nitrogen and oxygen atoms in total. The van der Waals surface area contributed by atoms with E-state index in [1.807, 2.05) is 48.5 Å². The second-order valence-electron chi connectivity index (χ2n) is 5.41. The van der Waals surface area contributed by atoms with Crippen molar-refractivity contribution in [1.29, 1.82) is 0 Å². The molecule has 0 unspecified atom stereocenters. The Balaban J connectivity index is 1.59. The molecule has 0 saturated carbocycles. The summed E-state index contributed by atoms with van der Waals surface area (Å²) in [6.45, 7) is 0. The first-order valence-electron chi connectivity index (χ1n) is 7.64. The standard InChI is InChI=1S/C20H19NO/c22-20(15-6-10-16-8-2-1-3-9-16)21-19-14-7-12-17-11-4-5-13-18(17)19/h1-5,7-9,11-14H,6,10,15H2,(H,21,22). The van der Waals surface area contributed by atoms with Gasteiger partial charge >= 0.3 is 0 Å². The van der Waals surface area contributed by atoms with Crippen LogP contribution < -0.4 is 5.32 Å². The average Bonchev–Trinajstić information content (AvgIpc) is 2.56. The van der Waals surface area contributed by atoms with Crippen molar-refractivity contribution in [2.75, 3.05) is 5.32 Å². The molecule has 0 atom stereocenters. The summed E-state index contributed by atoms with van der Waals surface area (Å²) < 4.78 is 0. The Morgan fingerprint density at radius 1 is 0.818 bits per heavy atom. The monoisotopic (exact) mass is 289 g/mol. The van der Waals surface area contributed by atoms with Crippen LogP contribution >= 0.6 is 0 Å². The van der Waals surface area contributed by atoms with E-state index in [0.717, 1.165) is 29.3 Å². The van der Waals surface area contributed by atoms with Crippen molar-refractivity contribution in [3.63, 3.8) is 0 Å². The summed E-state index contributed by atoms with van der Waals surface area (Å²) in [7, 11) is 0. The van der Waals surface area contributed by atoms with Gasteiger partial charge < -0.3 is 5.32 Å². The third kappa shape index (κ3) is 3.53. The predicted molar refractivity (Wildman–Crippen MR) is 92.0 cm³/mol. The summed E-state index contributed by atoms with van der Waals surface area (Å²) in [5.74, 6) is 0.0762. The number of carbonyl (C=O) groups is 1. The Morgan fingerprint density at radius 3 is 2.41 bits per heavy atom. The highest BCUT2D eigenvalue weighted by molar-refractivity contribution is 6.02. The SMILES string of the molecule is O=C(CCCc1ccccc1)Nc1cccc2ccccc12. The molecular formula is C20H19NO. The van der Waals surface area contributed by atoms with Crippen molar-refractivity contribution in [2.24, 2.45) is 0 Å². The Labute approximate surface area is 130 Å². The highest BCUT2D eigenvalue weighted by atomic mass is 16.1. The number of nitrogens with one attached hydrogen (secondary N) is 1. The van der Waals surface area contributed by atoms with Gasteiger partial charge in [0.1, 0.15) is 0 Å². The first-order valence-corrected chi connectivity index (χ1v) is 7.64. The summed E-state index contributed by atoms with van der Waals surface area (Å²) in [6, 6.07) is 24.4. The topological polar surface area (TPSA) is 29.1 Å². The van der Waals surface area contributed by atoms with Crippen LogP contribution in [-0.2, 0) is 11.2 Å². The van der Waals surface area contributed by atoms with Crippen molar-refractivity contribution in [1.82, 2.24) is 0 Å². The zero-order chi connectivity index (χ0) is 15.2. The normalized spacial score (nSPS) is 10.5. The maximum Gasteiger partial charge on any atom is 0.224 e. The molecule has 0 spiro atoms. The average molecular weight is 289 g/mol. The first kappa shape index (κ1) is 14.3. The lowest BCUT2D eigenvalue weighted by Gasteiger charge is -2.08. The highest BCUT2D eigenvalue weighted by Gasteiger charge is 2.05. The second kappa shape index (κ2) is 6.90. The number of carbonyl (C=O) groups excluding carboxylic acids is 1. The molecule has 0 heterocycles. The van der Waals surface area contributed by atoms with Crippen LogP contribution in [0.4, 0.5) is 5.69 Å². The Morgan fingerprint density at radius 2 is 1.55 bits per heavy atom.